The third-order valence-corrected chi connectivity index (χ3v) is 2.12. The Morgan fingerprint density at radius 2 is 2.20 bits per heavy atom. The van der Waals surface area contributed by atoms with Gasteiger partial charge in [0.1, 0.15) is 12.1 Å². The molecule has 4 heteroatoms. The summed E-state index contributed by atoms with van der Waals surface area (Å²) in [6, 6.07) is 2.61. The lowest BCUT2D eigenvalue weighted by molar-refractivity contribution is -0.139. The fraction of sp³-hybridized carbons (Fsp3) is 0.273. The Bertz CT molecular complexity index is 399. The summed E-state index contributed by atoms with van der Waals surface area (Å²) in [5, 5.41) is 0. The largest absolute Gasteiger partial charge is 0.469 e. The lowest BCUT2D eigenvalue weighted by Gasteiger charge is -2.05. The van der Waals surface area contributed by atoms with E-state index in [-0.39, 0.29) is 12.0 Å². The predicted octanol–water partition coefficient (Wildman–Crippen LogP) is 1.66. The predicted molar refractivity (Wildman–Crippen MR) is 52.2 cm³/mol. The quantitative estimate of drug-likeness (QED) is 0.563. The van der Waals surface area contributed by atoms with Crippen LogP contribution in [0.2, 0.25) is 0 Å². The molecule has 0 aliphatic carbocycles. The number of hydrogen-bond donors (Lipinski definition) is 0. The van der Waals surface area contributed by atoms with Crippen LogP contribution in [-0.2, 0) is 16.0 Å². The molecule has 0 radical (unpaired) electrons. The molecule has 0 aromatic heterocycles. The summed E-state index contributed by atoms with van der Waals surface area (Å²) in [6.07, 6.45) is 0.471. The van der Waals surface area contributed by atoms with Gasteiger partial charge in [-0.15, -0.1) is 0 Å². The second kappa shape index (κ2) is 4.68. The van der Waals surface area contributed by atoms with Crippen LogP contribution in [0, 0.1) is 12.7 Å². The first-order valence-electron chi connectivity index (χ1n) is 4.39. The Morgan fingerprint density at radius 3 is 2.73 bits per heavy atom. The van der Waals surface area contributed by atoms with Crippen molar-refractivity contribution in [3.8, 4) is 0 Å². The van der Waals surface area contributed by atoms with Crippen molar-refractivity contribution >= 4 is 12.3 Å². The monoisotopic (exact) mass is 210 g/mol. The molecule has 0 heterocycles. The molecule has 80 valence electrons. The zero-order chi connectivity index (χ0) is 11.4. The van der Waals surface area contributed by atoms with Crippen molar-refractivity contribution in [2.24, 2.45) is 0 Å². The van der Waals surface area contributed by atoms with E-state index in [1.54, 1.807) is 6.92 Å². The van der Waals surface area contributed by atoms with E-state index in [2.05, 4.69) is 4.74 Å². The molecule has 1 rings (SSSR count). The Labute approximate surface area is 86.9 Å². The van der Waals surface area contributed by atoms with Gasteiger partial charge in [0.15, 0.2) is 0 Å². The van der Waals surface area contributed by atoms with Crippen LogP contribution in [0.1, 0.15) is 21.5 Å². The van der Waals surface area contributed by atoms with E-state index in [0.29, 0.717) is 17.4 Å². The van der Waals surface area contributed by atoms with Crippen molar-refractivity contribution in [1.29, 1.82) is 0 Å². The fourth-order valence-corrected chi connectivity index (χ4v) is 1.23. The van der Waals surface area contributed by atoms with Crippen LogP contribution in [0.25, 0.3) is 0 Å². The number of carbonyl (C=O) groups excluding carboxylic acids is 2. The summed E-state index contributed by atoms with van der Waals surface area (Å²) in [6.45, 7) is 1.63. The molecule has 3 nitrogen and oxygen atoms in total. The molecular formula is C11H11FO3. The van der Waals surface area contributed by atoms with Gasteiger partial charge in [0.25, 0.3) is 0 Å². The highest BCUT2D eigenvalue weighted by atomic mass is 19.1. The highest BCUT2D eigenvalue weighted by Crippen LogP contribution is 2.15. The maximum absolute atomic E-state index is 13.3. The van der Waals surface area contributed by atoms with E-state index >= 15 is 0 Å². The molecule has 0 bridgehead atoms. The minimum atomic E-state index is -0.533. The highest BCUT2D eigenvalue weighted by molar-refractivity contribution is 5.79. The molecule has 0 amide bonds. The Balaban J connectivity index is 3.07. The molecule has 0 N–H and O–H groups in total. The van der Waals surface area contributed by atoms with Crippen molar-refractivity contribution in [1.82, 2.24) is 0 Å². The van der Waals surface area contributed by atoms with Gasteiger partial charge in [-0.1, -0.05) is 0 Å². The second-order valence-electron chi connectivity index (χ2n) is 3.17. The van der Waals surface area contributed by atoms with E-state index < -0.39 is 11.8 Å². The number of aryl methyl sites for hydroxylation is 1. The van der Waals surface area contributed by atoms with Crippen molar-refractivity contribution in [3.63, 3.8) is 0 Å². The SMILES string of the molecule is COC(=O)Cc1cc(C=O)c(C)cc1F. The van der Waals surface area contributed by atoms with Gasteiger partial charge >= 0.3 is 5.97 Å². The van der Waals surface area contributed by atoms with Gasteiger partial charge in [-0.05, 0) is 30.2 Å². The molecule has 0 saturated carbocycles. The third kappa shape index (κ3) is 2.62. The standard InChI is InChI=1S/C11H11FO3/c1-7-3-10(12)8(4-9(7)6-13)5-11(14)15-2/h3-4,6H,5H2,1-2H3. The molecule has 1 aromatic rings. The van der Waals surface area contributed by atoms with Crippen LogP contribution in [0.3, 0.4) is 0 Å². The van der Waals surface area contributed by atoms with E-state index in [9.17, 15) is 14.0 Å². The Morgan fingerprint density at radius 1 is 1.53 bits per heavy atom. The number of carbonyl (C=O) groups is 2. The van der Waals surface area contributed by atoms with Crippen molar-refractivity contribution in [2.75, 3.05) is 7.11 Å². The number of ether oxygens (including phenoxy) is 1. The van der Waals surface area contributed by atoms with E-state index in [0.717, 1.165) is 0 Å². The highest BCUT2D eigenvalue weighted by Gasteiger charge is 2.10. The minimum Gasteiger partial charge on any atom is -0.469 e. The second-order valence-corrected chi connectivity index (χ2v) is 3.17. The first-order chi connectivity index (χ1) is 7.08. The number of methoxy groups -OCH3 is 1. The molecule has 15 heavy (non-hydrogen) atoms. The third-order valence-electron chi connectivity index (χ3n) is 2.12. The first-order valence-corrected chi connectivity index (χ1v) is 4.39. The molecule has 0 unspecified atom stereocenters. The maximum Gasteiger partial charge on any atom is 0.310 e. The summed E-state index contributed by atoms with van der Waals surface area (Å²) in [5.41, 5.74) is 1.11. The maximum atomic E-state index is 13.3. The molecular weight excluding hydrogens is 199 g/mol. The van der Waals surface area contributed by atoms with Crippen molar-refractivity contribution < 1.29 is 18.7 Å². The zero-order valence-corrected chi connectivity index (χ0v) is 8.54. The molecule has 0 aliphatic rings. The van der Waals surface area contributed by atoms with Crippen LogP contribution < -0.4 is 0 Å². The van der Waals surface area contributed by atoms with E-state index in [1.165, 1.54) is 19.2 Å². The van der Waals surface area contributed by atoms with Crippen molar-refractivity contribution in [3.05, 3.63) is 34.6 Å². The fourth-order valence-electron chi connectivity index (χ4n) is 1.23. The first kappa shape index (κ1) is 11.4. The molecule has 1 aromatic carbocycles. The Hall–Kier alpha value is -1.71. The van der Waals surface area contributed by atoms with Gasteiger partial charge in [-0.25, -0.2) is 4.39 Å². The summed E-state index contributed by atoms with van der Waals surface area (Å²) >= 11 is 0. The summed E-state index contributed by atoms with van der Waals surface area (Å²) < 4.78 is 17.8. The van der Waals surface area contributed by atoms with Gasteiger partial charge in [0.05, 0.1) is 13.5 Å². The van der Waals surface area contributed by atoms with Gasteiger partial charge in [-0.3, -0.25) is 9.59 Å². The molecule has 0 spiro atoms. The van der Waals surface area contributed by atoms with Gasteiger partial charge < -0.3 is 4.74 Å². The summed E-state index contributed by atoms with van der Waals surface area (Å²) in [5.74, 6) is -1.03. The molecule has 0 atom stereocenters. The van der Waals surface area contributed by atoms with E-state index in [4.69, 9.17) is 0 Å². The van der Waals surface area contributed by atoms with Gasteiger partial charge in [0, 0.05) is 5.56 Å². The summed E-state index contributed by atoms with van der Waals surface area (Å²) in [7, 11) is 1.23. The van der Waals surface area contributed by atoms with Crippen LogP contribution in [0.5, 0.6) is 0 Å². The summed E-state index contributed by atoms with van der Waals surface area (Å²) in [4.78, 5) is 21.5. The number of aldehydes is 1. The number of hydrogen-bond acceptors (Lipinski definition) is 3. The van der Waals surface area contributed by atoms with Crippen LogP contribution in [0.4, 0.5) is 4.39 Å². The zero-order valence-electron chi connectivity index (χ0n) is 8.54. The van der Waals surface area contributed by atoms with E-state index in [1.807, 2.05) is 0 Å². The average molecular weight is 210 g/mol. The lowest BCUT2D eigenvalue weighted by atomic mass is 10.0. The van der Waals surface area contributed by atoms with Crippen LogP contribution in [-0.4, -0.2) is 19.4 Å². The van der Waals surface area contributed by atoms with Gasteiger partial charge in [0.2, 0.25) is 0 Å². The topological polar surface area (TPSA) is 43.4 Å². The molecule has 0 aliphatic heterocycles. The minimum absolute atomic E-state index is 0.163. The Kier molecular flexibility index (Phi) is 3.55. The van der Waals surface area contributed by atoms with Crippen LogP contribution >= 0.6 is 0 Å². The number of rotatable bonds is 3. The molecule has 0 saturated heterocycles. The average Bonchev–Trinajstić information content (AvgIpc) is 2.21. The smallest absolute Gasteiger partial charge is 0.310 e. The molecule has 0 fully saturated rings. The number of esters is 1. The lowest BCUT2D eigenvalue weighted by Crippen LogP contribution is -2.07. The van der Waals surface area contributed by atoms with Crippen molar-refractivity contribution in [2.45, 2.75) is 13.3 Å². The number of halogens is 1. The normalized spacial score (nSPS) is 9.80. The number of benzene rings is 1. The van der Waals surface area contributed by atoms with Gasteiger partial charge in [-0.2, -0.15) is 0 Å². The van der Waals surface area contributed by atoms with Crippen LogP contribution in [0.15, 0.2) is 12.1 Å².